The van der Waals surface area contributed by atoms with Gasteiger partial charge in [-0.1, -0.05) is 0 Å². The predicted octanol–water partition coefficient (Wildman–Crippen LogP) is 5.41. The Kier molecular flexibility index (Phi) is 6.60. The molecule has 1 N–H and O–H groups in total. The van der Waals surface area contributed by atoms with Crippen molar-refractivity contribution in [1.29, 1.82) is 0 Å². The third-order valence-electron chi connectivity index (χ3n) is 7.15. The summed E-state index contributed by atoms with van der Waals surface area (Å²) in [6.45, 7) is 11.4. The topological polar surface area (TPSA) is 89.2 Å². The number of hydrogen-bond acceptors (Lipinski definition) is 6. The molecule has 1 atom stereocenters. The van der Waals surface area contributed by atoms with E-state index in [1.54, 1.807) is 11.4 Å². The monoisotopic (exact) mass is 510 g/mol. The number of nitrogens with zero attached hydrogens (tertiary/aromatic N) is 4. The molecular weight excluding hydrogens is 475 g/mol. The molecule has 2 aromatic heterocycles. The number of ether oxygens (including phenoxy) is 2. The minimum atomic E-state index is -1.32. The second-order valence-corrected chi connectivity index (χ2v) is 11.0. The Morgan fingerprint density at radius 1 is 1.16 bits per heavy atom. The Hall–Kier alpha value is -3.20. The first kappa shape index (κ1) is 25.4. The number of piperidine rings is 1. The van der Waals surface area contributed by atoms with Crippen LogP contribution in [0.3, 0.4) is 0 Å². The van der Waals surface area contributed by atoms with E-state index >= 15 is 4.39 Å². The molecule has 2 aliphatic rings. The number of fused-ring (bicyclic) bond motifs is 2. The number of carboxylic acid groups (broad SMARTS) is 1. The van der Waals surface area contributed by atoms with Crippen LogP contribution in [0.1, 0.15) is 74.9 Å². The molecular formula is C28H35FN4O4. The van der Waals surface area contributed by atoms with E-state index in [9.17, 15) is 9.90 Å². The first-order valence-corrected chi connectivity index (χ1v) is 13.1. The van der Waals surface area contributed by atoms with Gasteiger partial charge in [-0.25, -0.2) is 18.7 Å². The molecule has 2 aliphatic heterocycles. The minimum Gasteiger partial charge on any atom is -0.490 e. The van der Waals surface area contributed by atoms with Gasteiger partial charge in [-0.3, -0.25) is 0 Å². The average molecular weight is 511 g/mol. The van der Waals surface area contributed by atoms with E-state index in [1.165, 1.54) is 12.5 Å². The summed E-state index contributed by atoms with van der Waals surface area (Å²) in [5, 5.41) is 15.2. The lowest BCUT2D eigenvalue weighted by atomic mass is 9.91. The first-order chi connectivity index (χ1) is 17.5. The Morgan fingerprint density at radius 3 is 2.57 bits per heavy atom. The lowest BCUT2D eigenvalue weighted by Gasteiger charge is -2.28. The summed E-state index contributed by atoms with van der Waals surface area (Å²) >= 11 is 0. The number of halogens is 1. The van der Waals surface area contributed by atoms with Crippen LogP contribution in [0.2, 0.25) is 0 Å². The van der Waals surface area contributed by atoms with Crippen LogP contribution in [0.5, 0.6) is 5.75 Å². The van der Waals surface area contributed by atoms with Crippen LogP contribution in [0.15, 0.2) is 12.1 Å². The summed E-state index contributed by atoms with van der Waals surface area (Å²) in [4.78, 5) is 19.6. The number of hydrogen-bond donors (Lipinski definition) is 1. The van der Waals surface area contributed by atoms with E-state index in [2.05, 4.69) is 4.90 Å². The number of aliphatic carboxylic acids is 1. The molecule has 0 radical (unpaired) electrons. The summed E-state index contributed by atoms with van der Waals surface area (Å²) in [5.41, 5.74) is 3.46. The van der Waals surface area contributed by atoms with Gasteiger partial charge < -0.3 is 19.5 Å². The molecule has 1 saturated heterocycles. The summed E-state index contributed by atoms with van der Waals surface area (Å²) in [6, 6.07) is 3.37. The maximum atomic E-state index is 15.4. The molecule has 0 spiro atoms. The van der Waals surface area contributed by atoms with Crippen LogP contribution in [0, 0.1) is 19.7 Å². The van der Waals surface area contributed by atoms with Crippen molar-refractivity contribution in [3.63, 3.8) is 0 Å². The van der Waals surface area contributed by atoms with E-state index in [-0.39, 0.29) is 5.75 Å². The summed E-state index contributed by atoms with van der Waals surface area (Å²) in [6.07, 6.45) is 3.54. The van der Waals surface area contributed by atoms with Crippen molar-refractivity contribution in [2.45, 2.75) is 78.4 Å². The summed E-state index contributed by atoms with van der Waals surface area (Å²) in [5.74, 6) is -0.529. The zero-order chi connectivity index (χ0) is 26.5. The second kappa shape index (κ2) is 9.59. The largest absolute Gasteiger partial charge is 0.490 e. The predicted molar refractivity (Wildman–Crippen MR) is 139 cm³/mol. The number of carboxylic acids is 1. The molecule has 1 aromatic carbocycles. The van der Waals surface area contributed by atoms with Gasteiger partial charge in [-0.2, -0.15) is 0 Å². The fourth-order valence-corrected chi connectivity index (χ4v) is 5.46. The van der Waals surface area contributed by atoms with Crippen molar-refractivity contribution in [3.05, 3.63) is 40.3 Å². The molecule has 0 saturated carbocycles. The first-order valence-electron chi connectivity index (χ1n) is 13.1. The highest BCUT2D eigenvalue weighted by molar-refractivity contribution is 5.82. The third-order valence-corrected chi connectivity index (χ3v) is 7.15. The zero-order valence-corrected chi connectivity index (χ0v) is 22.2. The van der Waals surface area contributed by atoms with E-state index < -0.39 is 23.5 Å². The van der Waals surface area contributed by atoms with Crippen LogP contribution >= 0.6 is 0 Å². The van der Waals surface area contributed by atoms with Gasteiger partial charge in [0.05, 0.1) is 17.9 Å². The smallest absolute Gasteiger partial charge is 0.337 e. The van der Waals surface area contributed by atoms with Crippen molar-refractivity contribution in [1.82, 2.24) is 14.6 Å². The van der Waals surface area contributed by atoms with Gasteiger partial charge in [0.15, 0.2) is 29.1 Å². The van der Waals surface area contributed by atoms with Crippen molar-refractivity contribution < 1.29 is 23.8 Å². The van der Waals surface area contributed by atoms with Gasteiger partial charge in [-0.05, 0) is 78.4 Å². The van der Waals surface area contributed by atoms with Crippen LogP contribution in [0.4, 0.5) is 10.2 Å². The van der Waals surface area contributed by atoms with Crippen molar-refractivity contribution in [2.75, 3.05) is 24.6 Å². The molecule has 8 nitrogen and oxygen atoms in total. The molecule has 5 rings (SSSR count). The fraction of sp³-hybridized carbons (Fsp3) is 0.536. The van der Waals surface area contributed by atoms with Crippen LogP contribution in [-0.2, 0) is 16.0 Å². The third kappa shape index (κ3) is 4.77. The normalized spacial score (nSPS) is 17.0. The SMILES string of the molecule is Cc1nc2cc(N3CCCCC3)nn2c(-c2cc(F)c3c(c2C)CCCO3)c1[C@H](OC(C)(C)C)C(=O)O. The maximum Gasteiger partial charge on any atom is 0.337 e. The minimum absolute atomic E-state index is 0.284. The van der Waals surface area contributed by atoms with Gasteiger partial charge in [0, 0.05) is 41.5 Å². The number of aryl methyl sites for hydroxylation is 1. The van der Waals surface area contributed by atoms with Crippen molar-refractivity contribution in [3.8, 4) is 17.0 Å². The maximum absolute atomic E-state index is 15.4. The molecule has 0 aliphatic carbocycles. The Morgan fingerprint density at radius 2 is 1.89 bits per heavy atom. The second-order valence-electron chi connectivity index (χ2n) is 11.0. The van der Waals surface area contributed by atoms with Gasteiger partial charge in [0.2, 0.25) is 0 Å². The van der Waals surface area contributed by atoms with Gasteiger partial charge in [-0.15, -0.1) is 5.10 Å². The highest BCUT2D eigenvalue weighted by Gasteiger charge is 2.35. The molecule has 0 amide bonds. The van der Waals surface area contributed by atoms with E-state index in [0.29, 0.717) is 41.2 Å². The average Bonchev–Trinajstić information content (AvgIpc) is 3.28. The summed E-state index contributed by atoms with van der Waals surface area (Å²) in [7, 11) is 0. The zero-order valence-electron chi connectivity index (χ0n) is 22.2. The summed E-state index contributed by atoms with van der Waals surface area (Å²) < 4.78 is 28.8. The molecule has 0 unspecified atom stereocenters. The van der Waals surface area contributed by atoms with E-state index in [0.717, 1.165) is 49.3 Å². The highest BCUT2D eigenvalue weighted by Crippen LogP contribution is 2.42. The molecule has 9 heteroatoms. The quantitative estimate of drug-likeness (QED) is 0.491. The number of rotatable bonds is 5. The molecule has 37 heavy (non-hydrogen) atoms. The molecule has 198 valence electrons. The molecule has 4 heterocycles. The standard InChI is InChI=1S/C28H35FN4O4/c1-16-18-10-9-13-36-25(18)20(29)14-19(16)24-23(26(27(34)35)37-28(3,4)5)17(2)30-21-15-22(31-33(21)24)32-11-7-6-8-12-32/h14-15,26H,6-13H2,1-5H3,(H,34,35)/t26-/m0/s1. The fourth-order valence-electron chi connectivity index (χ4n) is 5.46. The molecule has 1 fully saturated rings. The molecule has 0 bridgehead atoms. The van der Waals surface area contributed by atoms with Gasteiger partial charge in [0.25, 0.3) is 0 Å². The van der Waals surface area contributed by atoms with Crippen LogP contribution in [0.25, 0.3) is 16.9 Å². The Bertz CT molecular complexity index is 1350. The molecule has 3 aromatic rings. The number of benzene rings is 1. The van der Waals surface area contributed by atoms with E-state index in [1.807, 2.05) is 33.8 Å². The lowest BCUT2D eigenvalue weighted by molar-refractivity contribution is -0.160. The van der Waals surface area contributed by atoms with Crippen LogP contribution in [-0.4, -0.2) is 51.0 Å². The van der Waals surface area contributed by atoms with Crippen molar-refractivity contribution in [2.24, 2.45) is 0 Å². The van der Waals surface area contributed by atoms with Gasteiger partial charge >= 0.3 is 5.97 Å². The number of aromatic nitrogens is 3. The Balaban J connectivity index is 1.82. The highest BCUT2D eigenvalue weighted by atomic mass is 19.1. The Labute approximate surface area is 216 Å². The lowest BCUT2D eigenvalue weighted by Crippen LogP contribution is -2.30. The number of anilines is 1. The van der Waals surface area contributed by atoms with Gasteiger partial charge in [0.1, 0.15) is 0 Å². The number of carbonyl (C=O) groups is 1. The van der Waals surface area contributed by atoms with Crippen molar-refractivity contribution >= 4 is 17.4 Å². The van der Waals surface area contributed by atoms with Crippen LogP contribution < -0.4 is 9.64 Å². The van der Waals surface area contributed by atoms with E-state index in [4.69, 9.17) is 19.6 Å².